The third-order valence-electron chi connectivity index (χ3n) is 10.2. The minimum atomic E-state index is -1.29. The summed E-state index contributed by atoms with van der Waals surface area (Å²) in [4.78, 5) is 24.4. The first-order chi connectivity index (χ1) is 14.1. The Balaban J connectivity index is 1.50. The van der Waals surface area contributed by atoms with E-state index in [9.17, 15) is 14.7 Å². The van der Waals surface area contributed by atoms with Crippen molar-refractivity contribution in [2.75, 3.05) is 0 Å². The van der Waals surface area contributed by atoms with Gasteiger partial charge in [-0.3, -0.25) is 4.79 Å². The first-order valence-electron chi connectivity index (χ1n) is 11.9. The normalized spacial score (nSPS) is 49.8. The molecule has 2 aliphatic heterocycles. The third-order valence-corrected chi connectivity index (χ3v) is 10.2. The summed E-state index contributed by atoms with van der Waals surface area (Å²) in [6, 6.07) is 0. The lowest BCUT2D eigenvalue weighted by Crippen LogP contribution is -2.61. The van der Waals surface area contributed by atoms with Gasteiger partial charge < -0.3 is 14.6 Å². The molecule has 0 aromatic rings. The van der Waals surface area contributed by atoms with Gasteiger partial charge in [-0.15, -0.1) is 0 Å². The molecule has 5 rings (SSSR count). The maximum absolute atomic E-state index is 12.7. The van der Waals surface area contributed by atoms with Crippen molar-refractivity contribution in [2.24, 2.45) is 39.9 Å². The molecule has 30 heavy (non-hydrogen) atoms. The Hall–Kier alpha value is -1.36. The van der Waals surface area contributed by atoms with E-state index in [1.54, 1.807) is 0 Å². The number of rotatable bonds is 1. The van der Waals surface area contributed by atoms with E-state index in [1.165, 1.54) is 31.8 Å². The lowest BCUT2D eigenvalue weighted by atomic mass is 9.38. The minimum Gasteiger partial charge on any atom is -0.457 e. The summed E-state index contributed by atoms with van der Waals surface area (Å²) >= 11 is 0. The lowest BCUT2D eigenvalue weighted by Gasteiger charge is -2.67. The van der Waals surface area contributed by atoms with Crippen molar-refractivity contribution in [2.45, 2.75) is 91.5 Å². The van der Waals surface area contributed by atoms with Crippen LogP contribution in [-0.2, 0) is 19.1 Å². The Morgan fingerprint density at radius 1 is 0.933 bits per heavy atom. The van der Waals surface area contributed by atoms with E-state index >= 15 is 0 Å². The molecule has 5 heteroatoms. The topological polar surface area (TPSA) is 72.8 Å². The fourth-order valence-corrected chi connectivity index (χ4v) is 9.00. The highest BCUT2D eigenvalue weighted by molar-refractivity contribution is 5.86. The maximum atomic E-state index is 12.7. The number of aliphatic hydroxyl groups excluding tert-OH is 1. The van der Waals surface area contributed by atoms with Crippen LogP contribution in [-0.4, -0.2) is 29.4 Å². The average Bonchev–Trinajstić information content (AvgIpc) is 2.98. The van der Waals surface area contributed by atoms with Crippen LogP contribution in [0.3, 0.4) is 0 Å². The Kier molecular flexibility index (Phi) is 4.50. The second-order valence-electron chi connectivity index (χ2n) is 11.9. The van der Waals surface area contributed by atoms with Gasteiger partial charge in [0.1, 0.15) is 6.10 Å². The number of ether oxygens (including phenoxy) is 2. The fraction of sp³-hybridized carbons (Fsp3) is 0.840. The number of esters is 2. The largest absolute Gasteiger partial charge is 0.457 e. The van der Waals surface area contributed by atoms with Gasteiger partial charge >= 0.3 is 11.9 Å². The molecule has 0 radical (unpaired) electrons. The standard InChI is InChI=1S/C25H36O5/c1-23(2)9-5-10-25(4)17(23)8-11-24(3)16-13-20(27)29-21(14(16)6-7-18(24)25)15-12-19(26)30-22(15)28/h12,14,16-18,21-22,28H,5-11,13H2,1-4H3/t14-,16+,17-,18-,21+,22?,24-,25-/m0/s1. The van der Waals surface area contributed by atoms with Gasteiger partial charge in [0.2, 0.25) is 6.29 Å². The first kappa shape index (κ1) is 20.5. The van der Waals surface area contributed by atoms with Gasteiger partial charge in [-0.1, -0.05) is 34.1 Å². The number of hydrogen-bond acceptors (Lipinski definition) is 5. The third kappa shape index (κ3) is 2.76. The monoisotopic (exact) mass is 416 g/mol. The summed E-state index contributed by atoms with van der Waals surface area (Å²) in [5.74, 6) is 0.978. The highest BCUT2D eigenvalue weighted by atomic mass is 16.6. The fourth-order valence-electron chi connectivity index (χ4n) is 9.00. The summed E-state index contributed by atoms with van der Waals surface area (Å²) in [7, 11) is 0. The van der Waals surface area contributed by atoms with Gasteiger partial charge in [-0.25, -0.2) is 4.79 Å². The van der Waals surface area contributed by atoms with Gasteiger partial charge in [0.15, 0.2) is 0 Å². The molecule has 4 fully saturated rings. The number of carbonyl (C=O) groups excluding carboxylic acids is 2. The van der Waals surface area contributed by atoms with Gasteiger partial charge in [-0.05, 0) is 72.5 Å². The Labute approximate surface area is 179 Å². The van der Waals surface area contributed by atoms with Gasteiger partial charge in [0, 0.05) is 24.0 Å². The van der Waals surface area contributed by atoms with E-state index in [1.807, 2.05) is 0 Å². The lowest BCUT2D eigenvalue weighted by molar-refractivity contribution is -0.208. The number of hydrogen-bond donors (Lipinski definition) is 1. The molecule has 5 nitrogen and oxygen atoms in total. The quantitative estimate of drug-likeness (QED) is 0.642. The summed E-state index contributed by atoms with van der Waals surface area (Å²) in [6.45, 7) is 9.88. The molecule has 166 valence electrons. The van der Waals surface area contributed by atoms with Crippen molar-refractivity contribution in [1.82, 2.24) is 0 Å². The molecule has 0 spiro atoms. The van der Waals surface area contributed by atoms with Crippen LogP contribution in [0.5, 0.6) is 0 Å². The molecule has 2 heterocycles. The van der Waals surface area contributed by atoms with Crippen molar-refractivity contribution in [3.63, 3.8) is 0 Å². The molecular formula is C25H36O5. The highest BCUT2D eigenvalue weighted by Gasteiger charge is 2.64. The van der Waals surface area contributed by atoms with Crippen LogP contribution in [0, 0.1) is 39.9 Å². The summed E-state index contributed by atoms with van der Waals surface area (Å²) in [5.41, 5.74) is 1.23. The van der Waals surface area contributed by atoms with Crippen molar-refractivity contribution in [3.8, 4) is 0 Å². The molecule has 1 saturated heterocycles. The zero-order valence-corrected chi connectivity index (χ0v) is 18.8. The smallest absolute Gasteiger partial charge is 0.333 e. The predicted octanol–water partition coefficient (Wildman–Crippen LogP) is 4.38. The van der Waals surface area contributed by atoms with Crippen LogP contribution >= 0.6 is 0 Å². The average molecular weight is 417 g/mol. The Bertz CT molecular complexity index is 799. The van der Waals surface area contributed by atoms with E-state index in [0.717, 1.165) is 25.2 Å². The molecule has 3 saturated carbocycles. The second-order valence-corrected chi connectivity index (χ2v) is 11.9. The van der Waals surface area contributed by atoms with E-state index in [-0.39, 0.29) is 23.2 Å². The zero-order chi connectivity index (χ0) is 21.5. The predicted molar refractivity (Wildman–Crippen MR) is 111 cm³/mol. The summed E-state index contributed by atoms with van der Waals surface area (Å²) in [6.07, 6.45) is 8.36. The van der Waals surface area contributed by atoms with Crippen molar-refractivity contribution < 1.29 is 24.2 Å². The molecule has 8 atom stereocenters. The van der Waals surface area contributed by atoms with Gasteiger partial charge in [0.05, 0.1) is 0 Å². The Morgan fingerprint density at radius 2 is 1.70 bits per heavy atom. The van der Waals surface area contributed by atoms with Gasteiger partial charge in [-0.2, -0.15) is 0 Å². The molecule has 1 unspecified atom stereocenters. The second kappa shape index (κ2) is 6.57. The van der Waals surface area contributed by atoms with Crippen LogP contribution in [0.4, 0.5) is 0 Å². The van der Waals surface area contributed by atoms with E-state index in [0.29, 0.717) is 28.7 Å². The molecule has 1 N–H and O–H groups in total. The van der Waals surface area contributed by atoms with Crippen LogP contribution < -0.4 is 0 Å². The summed E-state index contributed by atoms with van der Waals surface area (Å²) < 4.78 is 10.7. The molecule has 3 aliphatic carbocycles. The molecule has 0 aromatic carbocycles. The van der Waals surface area contributed by atoms with Crippen molar-refractivity contribution >= 4 is 11.9 Å². The van der Waals surface area contributed by atoms with Crippen molar-refractivity contribution in [1.29, 1.82) is 0 Å². The molecular weight excluding hydrogens is 380 g/mol. The van der Waals surface area contributed by atoms with E-state index in [2.05, 4.69) is 27.7 Å². The van der Waals surface area contributed by atoms with E-state index in [4.69, 9.17) is 9.47 Å². The van der Waals surface area contributed by atoms with E-state index < -0.39 is 18.4 Å². The number of cyclic esters (lactones) is 2. The van der Waals surface area contributed by atoms with Crippen LogP contribution in [0.2, 0.25) is 0 Å². The van der Waals surface area contributed by atoms with Crippen LogP contribution in [0.25, 0.3) is 0 Å². The number of fused-ring (bicyclic) bond motifs is 5. The zero-order valence-electron chi connectivity index (χ0n) is 18.8. The van der Waals surface area contributed by atoms with Crippen LogP contribution in [0.1, 0.15) is 79.1 Å². The maximum Gasteiger partial charge on any atom is 0.333 e. The molecule has 5 aliphatic rings. The Morgan fingerprint density at radius 3 is 2.40 bits per heavy atom. The number of aliphatic hydroxyl groups is 1. The first-order valence-corrected chi connectivity index (χ1v) is 11.9. The SMILES string of the molecule is CC1(C)CCC[C@]2(C)[C@H]3CC[C@H]4[C@@H](CC(=O)O[C@H]4C4=CC(=O)OC4O)[C@]3(C)CC[C@@H]12. The highest BCUT2D eigenvalue weighted by Crippen LogP contribution is 2.70. The molecule has 0 bridgehead atoms. The van der Waals surface area contributed by atoms with Gasteiger partial charge in [0.25, 0.3) is 0 Å². The van der Waals surface area contributed by atoms with Crippen LogP contribution in [0.15, 0.2) is 11.6 Å². The minimum absolute atomic E-state index is 0.0915. The molecule has 0 aromatic heterocycles. The van der Waals surface area contributed by atoms with Crippen molar-refractivity contribution in [3.05, 3.63) is 11.6 Å². The molecule has 0 amide bonds. The number of carbonyl (C=O) groups is 2. The summed E-state index contributed by atoms with van der Waals surface area (Å²) in [5, 5.41) is 10.2.